The molecule has 4 nitrogen and oxygen atoms in total. The van der Waals surface area contributed by atoms with Gasteiger partial charge in [0.2, 0.25) is 0 Å². The molecule has 0 radical (unpaired) electrons. The molecule has 0 saturated carbocycles. The second-order valence-electron chi connectivity index (χ2n) is 2.44. The molecular formula is C8H12O4. The van der Waals surface area contributed by atoms with Crippen molar-refractivity contribution in [3.63, 3.8) is 0 Å². The van der Waals surface area contributed by atoms with Gasteiger partial charge in [-0.05, 0) is 13.3 Å². The van der Waals surface area contributed by atoms with Crippen LogP contribution in [0.5, 0.6) is 0 Å². The lowest BCUT2D eigenvalue weighted by molar-refractivity contribution is -0.148. The number of hydrogen-bond acceptors (Lipinski definition) is 2. The molecule has 0 aromatic rings. The van der Waals surface area contributed by atoms with E-state index in [0.29, 0.717) is 0 Å². The minimum atomic E-state index is -1.08. The Hall–Kier alpha value is -1.32. The van der Waals surface area contributed by atoms with Gasteiger partial charge in [0, 0.05) is 0 Å². The van der Waals surface area contributed by atoms with Crippen LogP contribution in [0.3, 0.4) is 0 Å². The van der Waals surface area contributed by atoms with Gasteiger partial charge in [-0.2, -0.15) is 0 Å². The van der Waals surface area contributed by atoms with Gasteiger partial charge in [0.15, 0.2) is 0 Å². The molecule has 2 N–H and O–H groups in total. The van der Waals surface area contributed by atoms with E-state index in [2.05, 4.69) is 0 Å². The van der Waals surface area contributed by atoms with Gasteiger partial charge in [0.25, 0.3) is 0 Å². The second-order valence-corrected chi connectivity index (χ2v) is 2.44. The average molecular weight is 172 g/mol. The molecule has 0 rings (SSSR count). The molecular weight excluding hydrogens is 160 g/mol. The molecule has 0 aromatic heterocycles. The fraction of sp³-hybridized carbons (Fsp3) is 0.500. The van der Waals surface area contributed by atoms with E-state index in [1.165, 1.54) is 0 Å². The molecule has 0 fully saturated rings. The van der Waals surface area contributed by atoms with Crippen LogP contribution in [-0.4, -0.2) is 22.2 Å². The highest BCUT2D eigenvalue weighted by atomic mass is 16.4. The van der Waals surface area contributed by atoms with Crippen molar-refractivity contribution >= 4 is 11.9 Å². The third-order valence-electron chi connectivity index (χ3n) is 1.43. The Kier molecular flexibility index (Phi) is 4.76. The molecule has 1 unspecified atom stereocenters. The molecule has 0 heterocycles. The largest absolute Gasteiger partial charge is 0.481 e. The van der Waals surface area contributed by atoms with Crippen molar-refractivity contribution in [2.45, 2.75) is 19.8 Å². The Labute approximate surface area is 70.5 Å². The van der Waals surface area contributed by atoms with Crippen molar-refractivity contribution in [1.29, 1.82) is 0 Å². The summed E-state index contributed by atoms with van der Waals surface area (Å²) in [6.07, 6.45) is 3.32. The summed E-state index contributed by atoms with van der Waals surface area (Å²) in [5, 5.41) is 16.9. The highest BCUT2D eigenvalue weighted by Crippen LogP contribution is 2.09. The lowest BCUT2D eigenvalue weighted by atomic mass is 10.0. The first kappa shape index (κ1) is 10.7. The first-order chi connectivity index (χ1) is 5.57. The van der Waals surface area contributed by atoms with Gasteiger partial charge in [-0.1, -0.05) is 12.2 Å². The maximum atomic E-state index is 10.4. The van der Waals surface area contributed by atoms with E-state index in [4.69, 9.17) is 10.2 Å². The number of carbonyl (C=O) groups is 2. The zero-order chi connectivity index (χ0) is 9.56. The third kappa shape index (κ3) is 4.49. The van der Waals surface area contributed by atoms with Crippen LogP contribution in [0, 0.1) is 5.92 Å². The minimum Gasteiger partial charge on any atom is -0.481 e. The van der Waals surface area contributed by atoms with Crippen LogP contribution < -0.4 is 0 Å². The van der Waals surface area contributed by atoms with Crippen LogP contribution in [-0.2, 0) is 9.59 Å². The van der Waals surface area contributed by atoms with Crippen LogP contribution in [0.15, 0.2) is 12.2 Å². The zero-order valence-corrected chi connectivity index (χ0v) is 6.86. The maximum absolute atomic E-state index is 10.4. The summed E-state index contributed by atoms with van der Waals surface area (Å²) in [5.74, 6) is -2.94. The smallest absolute Gasteiger partial charge is 0.307 e. The molecule has 1 atom stereocenters. The number of carboxylic acid groups (broad SMARTS) is 2. The normalized spacial score (nSPS) is 13.1. The maximum Gasteiger partial charge on any atom is 0.307 e. The zero-order valence-electron chi connectivity index (χ0n) is 6.86. The van der Waals surface area contributed by atoms with Crippen LogP contribution in [0.2, 0.25) is 0 Å². The van der Waals surface area contributed by atoms with Crippen molar-refractivity contribution in [3.8, 4) is 0 Å². The average Bonchev–Trinajstić information content (AvgIpc) is 1.96. The SMILES string of the molecule is CC=CCC(CC(=O)O)C(=O)O. The van der Waals surface area contributed by atoms with E-state index in [1.54, 1.807) is 19.1 Å². The topological polar surface area (TPSA) is 74.6 Å². The molecule has 0 aromatic carbocycles. The predicted octanol–water partition coefficient (Wildman–Crippen LogP) is 1.13. The summed E-state index contributed by atoms with van der Waals surface area (Å²) in [5.41, 5.74) is 0. The highest BCUT2D eigenvalue weighted by molar-refractivity contribution is 5.77. The first-order valence-corrected chi connectivity index (χ1v) is 3.63. The Balaban J connectivity index is 4.04. The van der Waals surface area contributed by atoms with Gasteiger partial charge in [-0.15, -0.1) is 0 Å². The van der Waals surface area contributed by atoms with Crippen molar-refractivity contribution in [3.05, 3.63) is 12.2 Å². The van der Waals surface area contributed by atoms with Gasteiger partial charge < -0.3 is 10.2 Å². The summed E-state index contributed by atoms with van der Waals surface area (Å²) in [4.78, 5) is 20.6. The molecule has 0 aliphatic carbocycles. The number of rotatable bonds is 5. The van der Waals surface area contributed by atoms with Crippen LogP contribution >= 0.6 is 0 Å². The summed E-state index contributed by atoms with van der Waals surface area (Å²) >= 11 is 0. The molecule has 4 heteroatoms. The molecule has 0 spiro atoms. The number of hydrogen-bond donors (Lipinski definition) is 2. The number of aliphatic carboxylic acids is 2. The number of allylic oxidation sites excluding steroid dienone is 2. The van der Waals surface area contributed by atoms with Gasteiger partial charge >= 0.3 is 11.9 Å². The summed E-state index contributed by atoms with van der Waals surface area (Å²) < 4.78 is 0. The number of carboxylic acids is 2. The molecule has 0 bridgehead atoms. The van der Waals surface area contributed by atoms with E-state index in [0.717, 1.165) is 0 Å². The Morgan fingerprint density at radius 1 is 1.42 bits per heavy atom. The summed E-state index contributed by atoms with van der Waals surface area (Å²) in [6, 6.07) is 0. The highest BCUT2D eigenvalue weighted by Gasteiger charge is 2.18. The fourth-order valence-corrected chi connectivity index (χ4v) is 0.783. The monoisotopic (exact) mass is 172 g/mol. The van der Waals surface area contributed by atoms with E-state index < -0.39 is 17.9 Å². The minimum absolute atomic E-state index is 0.276. The lowest BCUT2D eigenvalue weighted by Crippen LogP contribution is -2.16. The van der Waals surface area contributed by atoms with Gasteiger partial charge in [-0.3, -0.25) is 9.59 Å². The Morgan fingerprint density at radius 3 is 2.33 bits per heavy atom. The summed E-state index contributed by atoms with van der Waals surface area (Å²) in [7, 11) is 0. The van der Waals surface area contributed by atoms with Crippen molar-refractivity contribution in [2.75, 3.05) is 0 Å². The van der Waals surface area contributed by atoms with Crippen molar-refractivity contribution in [1.82, 2.24) is 0 Å². The van der Waals surface area contributed by atoms with Crippen molar-refractivity contribution in [2.24, 2.45) is 5.92 Å². The van der Waals surface area contributed by atoms with E-state index in [9.17, 15) is 9.59 Å². The summed E-state index contributed by atoms with van der Waals surface area (Å²) in [6.45, 7) is 1.76. The standard InChI is InChI=1S/C8H12O4/c1-2-3-4-6(8(11)12)5-7(9)10/h2-3,6H,4-5H2,1H3,(H,9,10)(H,11,12). The van der Waals surface area contributed by atoms with Crippen LogP contribution in [0.1, 0.15) is 19.8 Å². The predicted molar refractivity (Wildman–Crippen MR) is 42.8 cm³/mol. The Bertz CT molecular complexity index is 195. The van der Waals surface area contributed by atoms with E-state index >= 15 is 0 Å². The lowest BCUT2D eigenvalue weighted by Gasteiger charge is -2.05. The molecule has 68 valence electrons. The van der Waals surface area contributed by atoms with Crippen molar-refractivity contribution < 1.29 is 19.8 Å². The second kappa shape index (κ2) is 5.35. The van der Waals surface area contributed by atoms with Crippen LogP contribution in [0.25, 0.3) is 0 Å². The van der Waals surface area contributed by atoms with Crippen LogP contribution in [0.4, 0.5) is 0 Å². The van der Waals surface area contributed by atoms with E-state index in [1.807, 2.05) is 0 Å². The molecule has 12 heavy (non-hydrogen) atoms. The quantitative estimate of drug-likeness (QED) is 0.609. The third-order valence-corrected chi connectivity index (χ3v) is 1.43. The van der Waals surface area contributed by atoms with E-state index in [-0.39, 0.29) is 12.8 Å². The Morgan fingerprint density at radius 2 is 2.00 bits per heavy atom. The van der Waals surface area contributed by atoms with Gasteiger partial charge in [0.05, 0.1) is 12.3 Å². The van der Waals surface area contributed by atoms with Gasteiger partial charge in [0.1, 0.15) is 0 Å². The van der Waals surface area contributed by atoms with Gasteiger partial charge in [-0.25, -0.2) is 0 Å². The molecule has 0 aliphatic heterocycles. The fourth-order valence-electron chi connectivity index (χ4n) is 0.783. The molecule has 0 aliphatic rings. The molecule has 0 amide bonds. The first-order valence-electron chi connectivity index (χ1n) is 3.63. The molecule has 0 saturated heterocycles.